The van der Waals surface area contributed by atoms with Crippen LogP contribution in [-0.4, -0.2) is 22.0 Å². The fourth-order valence-corrected chi connectivity index (χ4v) is 2.03. The van der Waals surface area contributed by atoms with Crippen molar-refractivity contribution in [2.24, 2.45) is 0 Å². The molecule has 5 heteroatoms. The van der Waals surface area contributed by atoms with Gasteiger partial charge in [0.25, 0.3) is 5.91 Å². The maximum atomic E-state index is 12.3. The van der Waals surface area contributed by atoms with Gasteiger partial charge in [0, 0.05) is 11.3 Å². The molecule has 3 N–H and O–H groups in total. The molecule has 1 heterocycles. The van der Waals surface area contributed by atoms with Gasteiger partial charge in [-0.15, -0.1) is 0 Å². The summed E-state index contributed by atoms with van der Waals surface area (Å²) in [5.74, 6) is -1.41. The second-order valence-electron chi connectivity index (χ2n) is 4.82. The number of carboxylic acid groups (broad SMARTS) is 1. The molecule has 0 bridgehead atoms. The summed E-state index contributed by atoms with van der Waals surface area (Å²) >= 11 is 0. The molecule has 0 aliphatic carbocycles. The zero-order valence-electron chi connectivity index (χ0n) is 11.6. The van der Waals surface area contributed by atoms with E-state index < -0.39 is 5.97 Å². The van der Waals surface area contributed by atoms with Crippen LogP contribution in [0.4, 0.5) is 5.69 Å². The van der Waals surface area contributed by atoms with Crippen LogP contribution in [0.3, 0.4) is 0 Å². The lowest BCUT2D eigenvalue weighted by molar-refractivity contribution is 0.0692. The van der Waals surface area contributed by atoms with Gasteiger partial charge in [-0.05, 0) is 38.5 Å². The molecule has 0 atom stereocenters. The summed E-state index contributed by atoms with van der Waals surface area (Å²) in [6, 6.07) is 7.18. The molecular weight excluding hydrogens is 256 g/mol. The zero-order valence-corrected chi connectivity index (χ0v) is 11.6. The Morgan fingerprint density at radius 1 is 1.15 bits per heavy atom. The molecule has 0 aliphatic rings. The van der Waals surface area contributed by atoms with Gasteiger partial charge in [-0.25, -0.2) is 4.79 Å². The normalized spacial score (nSPS) is 10.3. The number of hydrogen-bond acceptors (Lipinski definition) is 2. The van der Waals surface area contributed by atoms with Crippen LogP contribution in [0.15, 0.2) is 24.3 Å². The highest BCUT2D eigenvalue weighted by atomic mass is 16.4. The number of rotatable bonds is 3. The van der Waals surface area contributed by atoms with E-state index in [4.69, 9.17) is 5.11 Å². The van der Waals surface area contributed by atoms with E-state index in [1.54, 1.807) is 19.1 Å². The van der Waals surface area contributed by atoms with Gasteiger partial charge in [-0.2, -0.15) is 0 Å². The van der Waals surface area contributed by atoms with Crippen LogP contribution < -0.4 is 5.32 Å². The van der Waals surface area contributed by atoms with E-state index in [0.717, 1.165) is 11.1 Å². The summed E-state index contributed by atoms with van der Waals surface area (Å²) in [5, 5.41) is 11.7. The standard InChI is InChI=1S/C15H16N2O3/c1-8-4-5-9(2)11(6-8)14(18)17-12-7-10(3)16-13(12)15(19)20/h4-7,16H,1-3H3,(H,17,18)(H,19,20). The van der Waals surface area contributed by atoms with Gasteiger partial charge >= 0.3 is 5.97 Å². The first-order valence-corrected chi connectivity index (χ1v) is 6.20. The van der Waals surface area contributed by atoms with E-state index in [1.165, 1.54) is 0 Å². The lowest BCUT2D eigenvalue weighted by Crippen LogP contribution is -2.15. The topological polar surface area (TPSA) is 82.2 Å². The quantitative estimate of drug-likeness (QED) is 0.803. The average Bonchev–Trinajstić information content (AvgIpc) is 2.73. The fraction of sp³-hybridized carbons (Fsp3) is 0.200. The van der Waals surface area contributed by atoms with Crippen molar-refractivity contribution in [1.82, 2.24) is 4.98 Å². The minimum absolute atomic E-state index is 0.0128. The van der Waals surface area contributed by atoms with Crippen molar-refractivity contribution in [3.63, 3.8) is 0 Å². The van der Waals surface area contributed by atoms with Crippen molar-refractivity contribution in [3.05, 3.63) is 52.3 Å². The molecule has 20 heavy (non-hydrogen) atoms. The summed E-state index contributed by atoms with van der Waals surface area (Å²) < 4.78 is 0. The zero-order chi connectivity index (χ0) is 14.9. The Hall–Kier alpha value is -2.56. The molecule has 0 unspecified atom stereocenters. The van der Waals surface area contributed by atoms with Crippen molar-refractivity contribution in [3.8, 4) is 0 Å². The van der Waals surface area contributed by atoms with E-state index in [9.17, 15) is 9.59 Å². The van der Waals surface area contributed by atoms with Gasteiger partial charge in [0.1, 0.15) is 5.69 Å². The molecule has 0 saturated carbocycles. The molecule has 2 aromatic rings. The van der Waals surface area contributed by atoms with Gasteiger partial charge in [-0.1, -0.05) is 17.7 Å². The Balaban J connectivity index is 2.32. The van der Waals surface area contributed by atoms with E-state index in [0.29, 0.717) is 11.3 Å². The number of aromatic nitrogens is 1. The van der Waals surface area contributed by atoms with Crippen molar-refractivity contribution >= 4 is 17.6 Å². The van der Waals surface area contributed by atoms with E-state index in [1.807, 2.05) is 26.0 Å². The van der Waals surface area contributed by atoms with Gasteiger partial charge in [0.05, 0.1) is 5.69 Å². The van der Waals surface area contributed by atoms with Crippen LogP contribution in [0.25, 0.3) is 0 Å². The largest absolute Gasteiger partial charge is 0.477 e. The number of hydrogen-bond donors (Lipinski definition) is 3. The Labute approximate surface area is 116 Å². The lowest BCUT2D eigenvalue weighted by atomic mass is 10.1. The second-order valence-corrected chi connectivity index (χ2v) is 4.82. The molecule has 1 aromatic heterocycles. The molecule has 0 aliphatic heterocycles. The first kappa shape index (κ1) is 13.9. The molecular formula is C15H16N2O3. The maximum Gasteiger partial charge on any atom is 0.354 e. The van der Waals surface area contributed by atoms with Crippen LogP contribution in [0.2, 0.25) is 0 Å². The summed E-state index contributed by atoms with van der Waals surface area (Å²) in [7, 11) is 0. The first-order chi connectivity index (χ1) is 9.38. The Morgan fingerprint density at radius 2 is 1.85 bits per heavy atom. The number of aryl methyl sites for hydroxylation is 3. The molecule has 5 nitrogen and oxygen atoms in total. The van der Waals surface area contributed by atoms with Crippen LogP contribution in [0.5, 0.6) is 0 Å². The smallest absolute Gasteiger partial charge is 0.354 e. The van der Waals surface area contributed by atoms with Crippen LogP contribution in [-0.2, 0) is 0 Å². The number of carbonyl (C=O) groups is 2. The van der Waals surface area contributed by atoms with Gasteiger partial charge < -0.3 is 15.4 Å². The molecule has 2 rings (SSSR count). The molecule has 0 radical (unpaired) electrons. The number of amides is 1. The molecule has 104 valence electrons. The Kier molecular flexibility index (Phi) is 3.61. The van der Waals surface area contributed by atoms with Gasteiger partial charge in [-0.3, -0.25) is 4.79 Å². The summed E-state index contributed by atoms with van der Waals surface area (Å²) in [6.07, 6.45) is 0. The van der Waals surface area contributed by atoms with Crippen molar-refractivity contribution < 1.29 is 14.7 Å². The van der Waals surface area contributed by atoms with Crippen LogP contribution >= 0.6 is 0 Å². The number of aromatic carboxylic acids is 1. The lowest BCUT2D eigenvalue weighted by Gasteiger charge is -2.08. The third-order valence-electron chi connectivity index (χ3n) is 3.05. The summed E-state index contributed by atoms with van der Waals surface area (Å²) in [4.78, 5) is 26.1. The number of carboxylic acids is 1. The number of aromatic amines is 1. The number of nitrogens with one attached hydrogen (secondary N) is 2. The number of carbonyl (C=O) groups excluding carboxylic acids is 1. The molecule has 0 spiro atoms. The van der Waals surface area contributed by atoms with Crippen molar-refractivity contribution in [2.45, 2.75) is 20.8 Å². The van der Waals surface area contributed by atoms with Crippen molar-refractivity contribution in [2.75, 3.05) is 5.32 Å². The third-order valence-corrected chi connectivity index (χ3v) is 3.05. The Morgan fingerprint density at radius 3 is 2.50 bits per heavy atom. The summed E-state index contributed by atoms with van der Waals surface area (Å²) in [5.41, 5.74) is 3.31. The van der Waals surface area contributed by atoms with E-state index in [-0.39, 0.29) is 17.3 Å². The maximum absolute atomic E-state index is 12.3. The average molecular weight is 272 g/mol. The monoisotopic (exact) mass is 272 g/mol. The first-order valence-electron chi connectivity index (χ1n) is 6.20. The van der Waals surface area contributed by atoms with Crippen LogP contribution in [0, 0.1) is 20.8 Å². The third kappa shape index (κ3) is 2.71. The van der Waals surface area contributed by atoms with Crippen LogP contribution in [0.1, 0.15) is 37.7 Å². The fourth-order valence-electron chi connectivity index (χ4n) is 2.03. The van der Waals surface area contributed by atoms with Crippen molar-refractivity contribution in [1.29, 1.82) is 0 Å². The number of anilines is 1. The molecule has 1 amide bonds. The van der Waals surface area contributed by atoms with Gasteiger partial charge in [0.2, 0.25) is 0 Å². The molecule has 0 saturated heterocycles. The predicted octanol–water partition coefficient (Wildman–Crippen LogP) is 2.89. The Bertz CT molecular complexity index is 686. The second kappa shape index (κ2) is 5.21. The van der Waals surface area contributed by atoms with E-state index >= 15 is 0 Å². The molecule has 1 aromatic carbocycles. The molecule has 0 fully saturated rings. The summed E-state index contributed by atoms with van der Waals surface area (Å²) in [6.45, 7) is 5.48. The van der Waals surface area contributed by atoms with Gasteiger partial charge in [0.15, 0.2) is 0 Å². The highest BCUT2D eigenvalue weighted by molar-refractivity contribution is 6.08. The number of H-pyrrole nitrogens is 1. The highest BCUT2D eigenvalue weighted by Crippen LogP contribution is 2.19. The number of benzene rings is 1. The minimum Gasteiger partial charge on any atom is -0.477 e. The highest BCUT2D eigenvalue weighted by Gasteiger charge is 2.17. The van der Waals surface area contributed by atoms with E-state index in [2.05, 4.69) is 10.3 Å². The predicted molar refractivity (Wildman–Crippen MR) is 76.4 cm³/mol. The minimum atomic E-state index is -1.10. The SMILES string of the molecule is Cc1ccc(C)c(C(=O)Nc2cc(C)[nH]c2C(=O)O)c1.